The number of amides is 1. The third kappa shape index (κ3) is 4.48. The second-order valence-electron chi connectivity index (χ2n) is 7.63. The normalized spacial score (nSPS) is 13.6. The van der Waals surface area contributed by atoms with E-state index in [0.29, 0.717) is 16.3 Å². The van der Waals surface area contributed by atoms with Crippen molar-refractivity contribution in [1.29, 1.82) is 0 Å². The zero-order valence-electron chi connectivity index (χ0n) is 17.8. The van der Waals surface area contributed by atoms with E-state index >= 15 is 0 Å². The van der Waals surface area contributed by atoms with Gasteiger partial charge in [-0.3, -0.25) is 14.5 Å². The molecule has 33 heavy (non-hydrogen) atoms. The van der Waals surface area contributed by atoms with Gasteiger partial charge in [0.2, 0.25) is 10.0 Å². The third-order valence-electron chi connectivity index (χ3n) is 5.50. The summed E-state index contributed by atoms with van der Waals surface area (Å²) in [5.74, 6) is -0.601. The molecule has 0 radical (unpaired) electrons. The lowest BCUT2D eigenvalue weighted by Crippen LogP contribution is -2.37. The maximum Gasteiger partial charge on any atom is 0.258 e. The summed E-state index contributed by atoms with van der Waals surface area (Å²) in [6.07, 6.45) is 0.204. The van der Waals surface area contributed by atoms with Crippen LogP contribution in [0.5, 0.6) is 0 Å². The van der Waals surface area contributed by atoms with Gasteiger partial charge in [0, 0.05) is 22.6 Å². The highest BCUT2D eigenvalue weighted by molar-refractivity contribution is 7.89. The molecule has 0 saturated carbocycles. The number of benzene rings is 3. The molecule has 8 heteroatoms. The Bertz CT molecular complexity index is 1380. The smallest absolute Gasteiger partial charge is 0.258 e. The number of Topliss-reactive ketones (excluding diaryl/α,β-unsaturated/α-hetero) is 1. The van der Waals surface area contributed by atoms with Gasteiger partial charge in [-0.05, 0) is 53.1 Å². The minimum Gasteiger partial charge on any atom is -0.300 e. The number of hydrogen-bond donors (Lipinski definition) is 1. The average Bonchev–Trinajstić information content (AvgIpc) is 2.82. The van der Waals surface area contributed by atoms with E-state index in [4.69, 9.17) is 16.7 Å². The third-order valence-corrected chi connectivity index (χ3v) is 6.66. The first-order valence-corrected chi connectivity index (χ1v) is 12.2. The van der Waals surface area contributed by atoms with Crippen LogP contribution in [-0.2, 0) is 21.4 Å². The fourth-order valence-electron chi connectivity index (χ4n) is 3.90. The van der Waals surface area contributed by atoms with Gasteiger partial charge >= 0.3 is 0 Å². The Labute approximate surface area is 197 Å². The SMILES string of the molecule is CCC(=O)C1=C(c2ccccc2)c2cc(Cl)ccc2CN1C(=O)c1ccc(S(N)(=O)=O)cc1. The predicted octanol–water partition coefficient (Wildman–Crippen LogP) is 4.38. The average molecular weight is 481 g/mol. The molecule has 0 atom stereocenters. The number of sulfonamides is 1. The molecule has 3 aromatic rings. The summed E-state index contributed by atoms with van der Waals surface area (Å²) in [6.45, 7) is 1.93. The summed E-state index contributed by atoms with van der Waals surface area (Å²) in [6, 6.07) is 20.2. The Morgan fingerprint density at radius 2 is 1.67 bits per heavy atom. The molecule has 1 heterocycles. The summed E-state index contributed by atoms with van der Waals surface area (Å²) >= 11 is 6.29. The molecular formula is C25H21ClN2O4S. The van der Waals surface area contributed by atoms with Crippen LogP contribution in [0.2, 0.25) is 5.02 Å². The Kier molecular flexibility index (Phi) is 6.21. The predicted molar refractivity (Wildman–Crippen MR) is 127 cm³/mol. The number of fused-ring (bicyclic) bond motifs is 1. The number of primary sulfonamides is 1. The molecule has 0 unspecified atom stereocenters. The molecule has 168 valence electrons. The van der Waals surface area contributed by atoms with Gasteiger partial charge in [0.25, 0.3) is 5.91 Å². The van der Waals surface area contributed by atoms with E-state index in [2.05, 4.69) is 0 Å². The number of hydrogen-bond acceptors (Lipinski definition) is 4. The highest BCUT2D eigenvalue weighted by atomic mass is 35.5. The van der Waals surface area contributed by atoms with Gasteiger partial charge < -0.3 is 0 Å². The largest absolute Gasteiger partial charge is 0.300 e. The van der Waals surface area contributed by atoms with Crippen molar-refractivity contribution < 1.29 is 18.0 Å². The van der Waals surface area contributed by atoms with E-state index < -0.39 is 15.9 Å². The number of rotatable bonds is 5. The van der Waals surface area contributed by atoms with Crippen LogP contribution in [0.1, 0.15) is 40.4 Å². The van der Waals surface area contributed by atoms with Gasteiger partial charge in [0.15, 0.2) is 5.78 Å². The molecule has 6 nitrogen and oxygen atoms in total. The van der Waals surface area contributed by atoms with Gasteiger partial charge in [-0.15, -0.1) is 0 Å². The lowest BCUT2D eigenvalue weighted by atomic mass is 9.86. The summed E-state index contributed by atoms with van der Waals surface area (Å²) in [5.41, 5.74) is 3.62. The van der Waals surface area contributed by atoms with E-state index in [1.54, 1.807) is 13.0 Å². The summed E-state index contributed by atoms with van der Waals surface area (Å²) < 4.78 is 23.2. The Balaban J connectivity index is 1.92. The Hall–Kier alpha value is -3.26. The van der Waals surface area contributed by atoms with Gasteiger partial charge in [-0.1, -0.05) is 54.9 Å². The number of allylic oxidation sites excluding steroid dienone is 1. The van der Waals surface area contributed by atoms with Crippen LogP contribution < -0.4 is 5.14 Å². The van der Waals surface area contributed by atoms with Crippen LogP contribution in [0.15, 0.2) is 83.4 Å². The Morgan fingerprint density at radius 3 is 2.27 bits per heavy atom. The maximum atomic E-state index is 13.6. The lowest BCUT2D eigenvalue weighted by Gasteiger charge is -2.33. The minimum atomic E-state index is -3.89. The molecule has 0 saturated heterocycles. The molecule has 0 bridgehead atoms. The standard InChI is InChI=1S/C25H21ClN2O4S/c1-2-22(29)24-23(16-6-4-3-5-7-16)21-14-19(26)11-8-18(21)15-28(24)25(30)17-9-12-20(13-10-17)33(27,31)32/h3-14H,2,15H2,1H3,(H2,27,31,32). The first-order valence-electron chi connectivity index (χ1n) is 10.3. The molecule has 2 N–H and O–H groups in total. The van der Waals surface area contributed by atoms with Crippen molar-refractivity contribution in [3.63, 3.8) is 0 Å². The zero-order valence-corrected chi connectivity index (χ0v) is 19.4. The highest BCUT2D eigenvalue weighted by Gasteiger charge is 2.33. The number of ketones is 1. The van der Waals surface area contributed by atoms with Crippen molar-refractivity contribution in [3.8, 4) is 0 Å². The van der Waals surface area contributed by atoms with Crippen molar-refractivity contribution in [2.45, 2.75) is 24.8 Å². The van der Waals surface area contributed by atoms with Crippen molar-refractivity contribution in [2.75, 3.05) is 0 Å². The van der Waals surface area contributed by atoms with E-state index in [1.165, 1.54) is 29.2 Å². The first-order chi connectivity index (χ1) is 15.7. The number of carbonyl (C=O) groups excluding carboxylic acids is 2. The van der Waals surface area contributed by atoms with Gasteiger partial charge in [0.05, 0.1) is 17.1 Å². The first kappa shape index (κ1) is 22.9. The van der Waals surface area contributed by atoms with E-state index in [0.717, 1.165) is 16.7 Å². The molecule has 1 aliphatic heterocycles. The molecule has 1 amide bonds. The topological polar surface area (TPSA) is 97.5 Å². The van der Waals surface area contributed by atoms with Crippen LogP contribution in [0, 0.1) is 0 Å². The fourth-order valence-corrected chi connectivity index (χ4v) is 4.59. The molecule has 1 aliphatic rings. The van der Waals surface area contributed by atoms with Gasteiger partial charge in [-0.2, -0.15) is 0 Å². The fraction of sp³-hybridized carbons (Fsp3) is 0.120. The summed E-state index contributed by atoms with van der Waals surface area (Å²) in [7, 11) is -3.89. The number of carbonyl (C=O) groups is 2. The molecule has 0 aromatic heterocycles. The lowest BCUT2D eigenvalue weighted by molar-refractivity contribution is -0.116. The Morgan fingerprint density at radius 1 is 1.00 bits per heavy atom. The quantitative estimate of drug-likeness (QED) is 0.585. The molecule has 0 aliphatic carbocycles. The van der Waals surface area contributed by atoms with Crippen LogP contribution in [-0.4, -0.2) is 25.0 Å². The second kappa shape index (κ2) is 8.94. The van der Waals surface area contributed by atoms with Crippen molar-refractivity contribution in [1.82, 2.24) is 4.90 Å². The van der Waals surface area contributed by atoms with E-state index in [9.17, 15) is 18.0 Å². The number of halogens is 1. The summed E-state index contributed by atoms with van der Waals surface area (Å²) in [5, 5.41) is 5.70. The molecular weight excluding hydrogens is 460 g/mol. The van der Waals surface area contributed by atoms with E-state index in [1.807, 2.05) is 42.5 Å². The van der Waals surface area contributed by atoms with Gasteiger partial charge in [0.1, 0.15) is 0 Å². The van der Waals surface area contributed by atoms with Crippen LogP contribution in [0.4, 0.5) is 0 Å². The van der Waals surface area contributed by atoms with Crippen molar-refractivity contribution in [2.24, 2.45) is 5.14 Å². The molecule has 3 aromatic carbocycles. The second-order valence-corrected chi connectivity index (χ2v) is 9.63. The number of nitrogens with two attached hydrogens (primary N) is 1. The maximum absolute atomic E-state index is 13.6. The van der Waals surface area contributed by atoms with Crippen LogP contribution >= 0.6 is 11.6 Å². The minimum absolute atomic E-state index is 0.0944. The van der Waals surface area contributed by atoms with Crippen LogP contribution in [0.25, 0.3) is 5.57 Å². The van der Waals surface area contributed by atoms with Crippen molar-refractivity contribution in [3.05, 3.63) is 106 Å². The molecule has 0 fully saturated rings. The van der Waals surface area contributed by atoms with E-state index in [-0.39, 0.29) is 29.2 Å². The van der Waals surface area contributed by atoms with Crippen molar-refractivity contribution >= 4 is 38.9 Å². The highest BCUT2D eigenvalue weighted by Crippen LogP contribution is 2.39. The number of nitrogens with zero attached hydrogens (tertiary/aromatic N) is 1. The monoisotopic (exact) mass is 480 g/mol. The summed E-state index contributed by atoms with van der Waals surface area (Å²) in [4.78, 5) is 28.1. The van der Waals surface area contributed by atoms with Crippen LogP contribution in [0.3, 0.4) is 0 Å². The molecule has 0 spiro atoms. The molecule has 4 rings (SSSR count). The zero-order chi connectivity index (χ0) is 23.8. The van der Waals surface area contributed by atoms with Gasteiger partial charge in [-0.25, -0.2) is 13.6 Å².